The third kappa shape index (κ3) is 1.19. The van der Waals surface area contributed by atoms with E-state index in [0.29, 0.717) is 11.4 Å². The standard InChI is InChI=1S/C6H6ClFN2/c1-3-5(9)2-4(8)6(7)10-3/h2H,9H2,1H3. The van der Waals surface area contributed by atoms with Gasteiger partial charge in [0.05, 0.1) is 11.4 Å². The minimum absolute atomic E-state index is 0.133. The van der Waals surface area contributed by atoms with E-state index in [9.17, 15) is 4.39 Å². The molecule has 0 atom stereocenters. The zero-order valence-corrected chi connectivity index (χ0v) is 6.11. The second kappa shape index (κ2) is 2.42. The number of halogens is 2. The molecule has 1 heterocycles. The summed E-state index contributed by atoms with van der Waals surface area (Å²) in [4.78, 5) is 3.64. The molecule has 0 aliphatic rings. The average molecular weight is 161 g/mol. The molecule has 1 aromatic rings. The van der Waals surface area contributed by atoms with E-state index in [1.165, 1.54) is 0 Å². The van der Waals surface area contributed by atoms with E-state index in [1.807, 2.05) is 0 Å². The zero-order valence-electron chi connectivity index (χ0n) is 5.36. The van der Waals surface area contributed by atoms with E-state index in [4.69, 9.17) is 17.3 Å². The van der Waals surface area contributed by atoms with Gasteiger partial charge >= 0.3 is 0 Å². The van der Waals surface area contributed by atoms with Crippen LogP contribution in [0.1, 0.15) is 5.69 Å². The van der Waals surface area contributed by atoms with Crippen molar-refractivity contribution in [3.8, 4) is 0 Å². The van der Waals surface area contributed by atoms with Crippen LogP contribution >= 0.6 is 11.6 Å². The highest BCUT2D eigenvalue weighted by atomic mass is 35.5. The smallest absolute Gasteiger partial charge is 0.165 e. The topological polar surface area (TPSA) is 38.9 Å². The van der Waals surface area contributed by atoms with Crippen molar-refractivity contribution in [2.24, 2.45) is 0 Å². The lowest BCUT2D eigenvalue weighted by molar-refractivity contribution is 0.621. The van der Waals surface area contributed by atoms with E-state index >= 15 is 0 Å². The number of nitrogen functional groups attached to an aromatic ring is 1. The molecule has 0 bridgehead atoms. The predicted molar refractivity (Wildman–Crippen MR) is 38.4 cm³/mol. The van der Waals surface area contributed by atoms with Gasteiger partial charge in [0.25, 0.3) is 0 Å². The van der Waals surface area contributed by atoms with Gasteiger partial charge in [0.15, 0.2) is 11.0 Å². The maximum Gasteiger partial charge on any atom is 0.165 e. The van der Waals surface area contributed by atoms with Crippen molar-refractivity contribution < 1.29 is 4.39 Å². The van der Waals surface area contributed by atoms with Crippen molar-refractivity contribution >= 4 is 17.3 Å². The molecule has 2 nitrogen and oxygen atoms in total. The molecular formula is C6H6ClFN2. The molecule has 4 heteroatoms. The summed E-state index contributed by atoms with van der Waals surface area (Å²) in [5.74, 6) is -0.579. The number of aromatic nitrogens is 1. The fourth-order valence-electron chi connectivity index (χ4n) is 0.566. The monoisotopic (exact) mass is 160 g/mol. The minimum Gasteiger partial charge on any atom is -0.397 e. The molecule has 1 aromatic heterocycles. The first kappa shape index (κ1) is 7.28. The molecule has 0 amide bonds. The van der Waals surface area contributed by atoms with Gasteiger partial charge in [-0.05, 0) is 6.92 Å². The Morgan fingerprint density at radius 2 is 2.30 bits per heavy atom. The Bertz CT molecular complexity index is 212. The Kier molecular flexibility index (Phi) is 1.76. The lowest BCUT2D eigenvalue weighted by atomic mass is 10.3. The average Bonchev–Trinajstić information content (AvgIpc) is 1.84. The number of rotatable bonds is 0. The third-order valence-electron chi connectivity index (χ3n) is 1.16. The first-order chi connectivity index (χ1) is 4.61. The van der Waals surface area contributed by atoms with Crippen LogP contribution in [0, 0.1) is 12.7 Å². The highest BCUT2D eigenvalue weighted by molar-refractivity contribution is 6.29. The van der Waals surface area contributed by atoms with Crippen LogP contribution in [0.3, 0.4) is 0 Å². The first-order valence-electron chi connectivity index (χ1n) is 2.69. The lowest BCUT2D eigenvalue weighted by Gasteiger charge is -1.98. The van der Waals surface area contributed by atoms with Crippen LogP contribution in [0.15, 0.2) is 6.07 Å². The Balaban J connectivity index is 3.28. The van der Waals surface area contributed by atoms with Crippen LogP contribution in [0.25, 0.3) is 0 Å². The number of pyridine rings is 1. The molecule has 0 fully saturated rings. The molecule has 0 radical (unpaired) electrons. The SMILES string of the molecule is Cc1nc(Cl)c(F)cc1N. The number of aryl methyl sites for hydroxylation is 1. The summed E-state index contributed by atoms with van der Waals surface area (Å²) >= 11 is 5.34. The predicted octanol–water partition coefficient (Wildman–Crippen LogP) is 1.76. The van der Waals surface area contributed by atoms with Gasteiger partial charge in [-0.25, -0.2) is 9.37 Å². The Labute approximate surface area is 62.8 Å². The van der Waals surface area contributed by atoms with Crippen LogP contribution in [-0.4, -0.2) is 4.98 Å². The maximum absolute atomic E-state index is 12.5. The fourth-order valence-corrected chi connectivity index (χ4v) is 0.747. The Hall–Kier alpha value is -0.830. The normalized spacial score (nSPS) is 9.90. The lowest BCUT2D eigenvalue weighted by Crippen LogP contribution is -1.94. The van der Waals surface area contributed by atoms with E-state index in [0.717, 1.165) is 6.07 Å². The van der Waals surface area contributed by atoms with Crippen molar-refractivity contribution in [3.05, 3.63) is 22.7 Å². The van der Waals surface area contributed by atoms with Gasteiger partial charge in [-0.2, -0.15) is 0 Å². The van der Waals surface area contributed by atoms with Crippen LogP contribution in [0.2, 0.25) is 5.15 Å². The van der Waals surface area contributed by atoms with E-state index in [2.05, 4.69) is 4.98 Å². The maximum atomic E-state index is 12.5. The van der Waals surface area contributed by atoms with E-state index in [-0.39, 0.29) is 5.15 Å². The highest BCUT2D eigenvalue weighted by Crippen LogP contribution is 2.16. The van der Waals surface area contributed by atoms with Crippen molar-refractivity contribution in [2.75, 3.05) is 5.73 Å². The highest BCUT2D eigenvalue weighted by Gasteiger charge is 2.02. The molecule has 10 heavy (non-hydrogen) atoms. The summed E-state index contributed by atoms with van der Waals surface area (Å²) in [5.41, 5.74) is 6.20. The molecule has 0 aromatic carbocycles. The second-order valence-electron chi connectivity index (χ2n) is 1.94. The minimum atomic E-state index is -0.579. The quantitative estimate of drug-likeness (QED) is 0.588. The second-order valence-corrected chi connectivity index (χ2v) is 2.29. The van der Waals surface area contributed by atoms with Gasteiger partial charge < -0.3 is 5.73 Å². The van der Waals surface area contributed by atoms with Crippen LogP contribution in [0.4, 0.5) is 10.1 Å². The number of nitrogens with two attached hydrogens (primary N) is 1. The van der Waals surface area contributed by atoms with Crippen molar-refractivity contribution in [1.82, 2.24) is 4.98 Å². The fraction of sp³-hybridized carbons (Fsp3) is 0.167. The van der Waals surface area contributed by atoms with Crippen molar-refractivity contribution in [2.45, 2.75) is 6.92 Å². The molecule has 0 saturated carbocycles. The molecule has 2 N–H and O–H groups in total. The van der Waals surface area contributed by atoms with Crippen LogP contribution in [-0.2, 0) is 0 Å². The van der Waals surface area contributed by atoms with Gasteiger partial charge in [0.1, 0.15) is 0 Å². The molecule has 54 valence electrons. The molecule has 0 saturated heterocycles. The van der Waals surface area contributed by atoms with Gasteiger partial charge in [-0.3, -0.25) is 0 Å². The summed E-state index contributed by atoms with van der Waals surface area (Å²) in [6.07, 6.45) is 0. The first-order valence-corrected chi connectivity index (χ1v) is 3.07. The third-order valence-corrected chi connectivity index (χ3v) is 1.43. The molecule has 0 spiro atoms. The van der Waals surface area contributed by atoms with Gasteiger partial charge in [-0.15, -0.1) is 0 Å². The largest absolute Gasteiger partial charge is 0.397 e. The van der Waals surface area contributed by atoms with Gasteiger partial charge in [0.2, 0.25) is 0 Å². The number of hydrogen-bond acceptors (Lipinski definition) is 2. The van der Waals surface area contributed by atoms with Gasteiger partial charge in [0, 0.05) is 6.07 Å². The van der Waals surface area contributed by atoms with E-state index in [1.54, 1.807) is 6.92 Å². The molecular weight excluding hydrogens is 155 g/mol. The summed E-state index contributed by atoms with van der Waals surface area (Å²) < 4.78 is 12.5. The summed E-state index contributed by atoms with van der Waals surface area (Å²) in [6, 6.07) is 1.16. The number of hydrogen-bond donors (Lipinski definition) is 1. The summed E-state index contributed by atoms with van der Waals surface area (Å²) in [6.45, 7) is 1.67. The van der Waals surface area contributed by atoms with Gasteiger partial charge in [-0.1, -0.05) is 11.6 Å². The Morgan fingerprint density at radius 3 is 2.80 bits per heavy atom. The Morgan fingerprint density at radius 1 is 1.70 bits per heavy atom. The summed E-state index contributed by atoms with van der Waals surface area (Å²) in [7, 11) is 0. The van der Waals surface area contributed by atoms with Crippen LogP contribution in [0.5, 0.6) is 0 Å². The molecule has 0 aliphatic carbocycles. The summed E-state index contributed by atoms with van der Waals surface area (Å²) in [5, 5.41) is -0.133. The molecule has 0 unspecified atom stereocenters. The zero-order chi connectivity index (χ0) is 7.72. The van der Waals surface area contributed by atoms with Crippen LogP contribution < -0.4 is 5.73 Å². The van der Waals surface area contributed by atoms with E-state index < -0.39 is 5.82 Å². The molecule has 0 aliphatic heterocycles. The molecule has 1 rings (SSSR count). The number of nitrogens with zero attached hydrogens (tertiary/aromatic N) is 1. The number of anilines is 1. The van der Waals surface area contributed by atoms with Crippen molar-refractivity contribution in [1.29, 1.82) is 0 Å². The van der Waals surface area contributed by atoms with Crippen molar-refractivity contribution in [3.63, 3.8) is 0 Å².